The molecule has 1 amide bonds. The lowest BCUT2D eigenvalue weighted by Crippen LogP contribution is -2.43. The highest BCUT2D eigenvalue weighted by Crippen LogP contribution is 2.25. The molecule has 1 fully saturated rings. The minimum absolute atomic E-state index is 0.0602. The van der Waals surface area contributed by atoms with E-state index in [-0.39, 0.29) is 12.3 Å². The van der Waals surface area contributed by atoms with E-state index in [1.807, 2.05) is 12.1 Å². The highest BCUT2D eigenvalue weighted by atomic mass is 16.6. The zero-order chi connectivity index (χ0) is 17.8. The molecule has 1 saturated heterocycles. The Morgan fingerprint density at radius 3 is 2.24 bits per heavy atom. The standard InChI is InChI=1S/C19H15NO5/c21-17-19(24)25-16(12-14-9-5-2-6-10-14)20(17)15(18(22)23)11-13-7-3-1-4-8-13/h1-10,12,15H,11H2,(H,22,23). The summed E-state index contributed by atoms with van der Waals surface area (Å²) in [6.07, 6.45) is 1.54. The van der Waals surface area contributed by atoms with E-state index in [1.54, 1.807) is 48.5 Å². The van der Waals surface area contributed by atoms with Crippen molar-refractivity contribution in [3.05, 3.63) is 77.7 Å². The first-order valence-corrected chi connectivity index (χ1v) is 7.65. The summed E-state index contributed by atoms with van der Waals surface area (Å²) in [5.74, 6) is -3.36. The molecule has 126 valence electrons. The first-order chi connectivity index (χ1) is 12.1. The first-order valence-electron chi connectivity index (χ1n) is 7.65. The van der Waals surface area contributed by atoms with Crippen molar-refractivity contribution in [1.82, 2.24) is 4.90 Å². The second kappa shape index (κ2) is 7.00. The van der Waals surface area contributed by atoms with Crippen LogP contribution in [-0.2, 0) is 25.5 Å². The van der Waals surface area contributed by atoms with E-state index >= 15 is 0 Å². The number of aliphatic carboxylic acids is 1. The third-order valence-electron chi connectivity index (χ3n) is 3.79. The molecular formula is C19H15NO5. The molecule has 1 atom stereocenters. The minimum Gasteiger partial charge on any atom is -0.480 e. The molecule has 0 spiro atoms. The van der Waals surface area contributed by atoms with Crippen molar-refractivity contribution in [2.45, 2.75) is 12.5 Å². The van der Waals surface area contributed by atoms with E-state index in [0.717, 1.165) is 10.5 Å². The molecule has 1 aliphatic rings. The zero-order valence-corrected chi connectivity index (χ0v) is 13.2. The van der Waals surface area contributed by atoms with Crippen molar-refractivity contribution in [3.8, 4) is 0 Å². The Bertz CT molecular complexity index is 829. The maximum Gasteiger partial charge on any atom is 0.404 e. The topological polar surface area (TPSA) is 83.9 Å². The quantitative estimate of drug-likeness (QED) is 0.667. The van der Waals surface area contributed by atoms with E-state index in [0.29, 0.717) is 5.56 Å². The van der Waals surface area contributed by atoms with Crippen molar-refractivity contribution in [2.75, 3.05) is 0 Å². The minimum atomic E-state index is -1.24. The summed E-state index contributed by atoms with van der Waals surface area (Å²) in [4.78, 5) is 36.6. The summed E-state index contributed by atoms with van der Waals surface area (Å²) in [7, 11) is 0. The highest BCUT2D eigenvalue weighted by Gasteiger charge is 2.44. The van der Waals surface area contributed by atoms with Crippen molar-refractivity contribution >= 4 is 23.9 Å². The molecule has 0 aliphatic carbocycles. The van der Waals surface area contributed by atoms with Gasteiger partial charge in [-0.05, 0) is 11.1 Å². The Kier molecular flexibility index (Phi) is 4.61. The lowest BCUT2D eigenvalue weighted by Gasteiger charge is -2.22. The lowest BCUT2D eigenvalue weighted by molar-refractivity contribution is -0.151. The van der Waals surface area contributed by atoms with Gasteiger partial charge in [0.1, 0.15) is 6.04 Å². The van der Waals surface area contributed by atoms with Gasteiger partial charge < -0.3 is 9.84 Å². The molecule has 2 aromatic carbocycles. The van der Waals surface area contributed by atoms with Crippen molar-refractivity contribution < 1.29 is 24.2 Å². The van der Waals surface area contributed by atoms with E-state index in [2.05, 4.69) is 0 Å². The molecule has 2 aromatic rings. The molecule has 1 unspecified atom stereocenters. The van der Waals surface area contributed by atoms with Crippen LogP contribution in [-0.4, -0.2) is 33.9 Å². The van der Waals surface area contributed by atoms with Gasteiger partial charge in [0.15, 0.2) is 0 Å². The number of carbonyl (C=O) groups is 3. The molecule has 0 radical (unpaired) electrons. The fourth-order valence-electron chi connectivity index (χ4n) is 2.60. The summed E-state index contributed by atoms with van der Waals surface area (Å²) >= 11 is 0. The number of esters is 1. The lowest BCUT2D eigenvalue weighted by atomic mass is 10.0. The molecule has 25 heavy (non-hydrogen) atoms. The van der Waals surface area contributed by atoms with Gasteiger partial charge in [0.05, 0.1) is 0 Å². The van der Waals surface area contributed by atoms with Crippen LogP contribution in [0, 0.1) is 0 Å². The summed E-state index contributed by atoms with van der Waals surface area (Å²) < 4.78 is 4.99. The van der Waals surface area contributed by atoms with Gasteiger partial charge in [-0.1, -0.05) is 60.7 Å². The van der Waals surface area contributed by atoms with Crippen LogP contribution in [0.5, 0.6) is 0 Å². The van der Waals surface area contributed by atoms with Crippen molar-refractivity contribution in [2.24, 2.45) is 0 Å². The number of benzene rings is 2. The normalized spacial score (nSPS) is 16.8. The summed E-state index contributed by atoms with van der Waals surface area (Å²) in [6, 6.07) is 16.6. The molecule has 0 aromatic heterocycles. The number of ether oxygens (including phenoxy) is 1. The maximum absolute atomic E-state index is 12.2. The third kappa shape index (κ3) is 3.58. The van der Waals surface area contributed by atoms with Gasteiger partial charge >= 0.3 is 17.8 Å². The fraction of sp³-hybridized carbons (Fsp3) is 0.105. The molecule has 0 saturated carbocycles. The van der Waals surface area contributed by atoms with Gasteiger partial charge in [-0.15, -0.1) is 0 Å². The van der Waals surface area contributed by atoms with Crippen molar-refractivity contribution in [1.29, 1.82) is 0 Å². The van der Waals surface area contributed by atoms with E-state index < -0.39 is 23.9 Å². The summed E-state index contributed by atoms with van der Waals surface area (Å²) in [6.45, 7) is 0. The number of hydrogen-bond acceptors (Lipinski definition) is 4. The van der Waals surface area contributed by atoms with E-state index in [1.165, 1.54) is 6.08 Å². The van der Waals surface area contributed by atoms with Crippen LogP contribution in [0.3, 0.4) is 0 Å². The van der Waals surface area contributed by atoms with Gasteiger partial charge in [0.25, 0.3) is 0 Å². The predicted molar refractivity (Wildman–Crippen MR) is 88.9 cm³/mol. The Morgan fingerprint density at radius 1 is 1.04 bits per heavy atom. The molecule has 3 rings (SSSR count). The largest absolute Gasteiger partial charge is 0.480 e. The van der Waals surface area contributed by atoms with Crippen LogP contribution in [0.1, 0.15) is 11.1 Å². The third-order valence-corrected chi connectivity index (χ3v) is 3.79. The Balaban J connectivity index is 1.96. The molecule has 0 bridgehead atoms. The second-order valence-electron chi connectivity index (χ2n) is 5.50. The van der Waals surface area contributed by atoms with Gasteiger partial charge in [-0.3, -0.25) is 9.69 Å². The van der Waals surface area contributed by atoms with Crippen molar-refractivity contribution in [3.63, 3.8) is 0 Å². The van der Waals surface area contributed by atoms with Crippen LogP contribution in [0.4, 0.5) is 0 Å². The molecular weight excluding hydrogens is 322 g/mol. The number of nitrogens with zero attached hydrogens (tertiary/aromatic N) is 1. The smallest absolute Gasteiger partial charge is 0.404 e. The number of hydrogen-bond donors (Lipinski definition) is 1. The van der Waals surface area contributed by atoms with Crippen LogP contribution in [0.25, 0.3) is 6.08 Å². The van der Waals surface area contributed by atoms with Crippen LogP contribution < -0.4 is 0 Å². The molecule has 1 heterocycles. The molecule has 1 aliphatic heterocycles. The monoisotopic (exact) mass is 337 g/mol. The summed E-state index contributed by atoms with van der Waals surface area (Å²) in [5, 5.41) is 9.59. The fourth-order valence-corrected chi connectivity index (χ4v) is 2.60. The predicted octanol–water partition coefficient (Wildman–Crippen LogP) is 2.07. The number of amides is 1. The zero-order valence-electron chi connectivity index (χ0n) is 13.2. The van der Waals surface area contributed by atoms with Gasteiger partial charge in [0, 0.05) is 12.5 Å². The SMILES string of the molecule is O=C1OC(=Cc2ccccc2)N(C(Cc2ccccc2)C(=O)O)C1=O. The first kappa shape index (κ1) is 16.4. The molecule has 6 heteroatoms. The van der Waals surface area contributed by atoms with Gasteiger partial charge in [0.2, 0.25) is 5.88 Å². The maximum atomic E-state index is 12.2. The van der Waals surface area contributed by atoms with Gasteiger partial charge in [-0.25, -0.2) is 9.59 Å². The van der Waals surface area contributed by atoms with Crippen LogP contribution >= 0.6 is 0 Å². The Hall–Kier alpha value is -3.41. The van der Waals surface area contributed by atoms with Crippen LogP contribution in [0.15, 0.2) is 66.5 Å². The number of rotatable bonds is 5. The Labute approximate surface area is 143 Å². The highest BCUT2D eigenvalue weighted by molar-refractivity contribution is 6.35. The number of carboxylic acids is 1. The van der Waals surface area contributed by atoms with E-state index in [4.69, 9.17) is 4.74 Å². The van der Waals surface area contributed by atoms with Crippen LogP contribution in [0.2, 0.25) is 0 Å². The number of carboxylic acid groups (broad SMARTS) is 1. The summed E-state index contributed by atoms with van der Waals surface area (Å²) in [5.41, 5.74) is 1.43. The number of cyclic esters (lactones) is 1. The average molecular weight is 337 g/mol. The number of carbonyl (C=O) groups excluding carboxylic acids is 2. The van der Waals surface area contributed by atoms with Gasteiger partial charge in [-0.2, -0.15) is 0 Å². The molecule has 6 nitrogen and oxygen atoms in total. The average Bonchev–Trinajstić information content (AvgIpc) is 2.88. The Morgan fingerprint density at radius 2 is 1.64 bits per heavy atom. The van der Waals surface area contributed by atoms with E-state index in [9.17, 15) is 19.5 Å². The molecule has 1 N–H and O–H groups in total. The second-order valence-corrected chi connectivity index (χ2v) is 5.50.